The zero-order chi connectivity index (χ0) is 17.0. The van der Waals surface area contributed by atoms with E-state index in [4.69, 9.17) is 0 Å². The van der Waals surface area contributed by atoms with E-state index in [0.717, 1.165) is 4.47 Å². The number of hydrogen-bond acceptors (Lipinski definition) is 5. The Morgan fingerprint density at radius 1 is 1.22 bits per heavy atom. The van der Waals surface area contributed by atoms with Gasteiger partial charge in [0.25, 0.3) is 21.5 Å². The van der Waals surface area contributed by atoms with Gasteiger partial charge in [-0.2, -0.15) is 0 Å². The lowest BCUT2D eigenvalue weighted by molar-refractivity contribution is -0.0258. The van der Waals surface area contributed by atoms with Gasteiger partial charge < -0.3 is 10.3 Å². The number of hydrogen-bond donors (Lipinski definition) is 2. The van der Waals surface area contributed by atoms with Crippen LogP contribution in [-0.4, -0.2) is 37.9 Å². The summed E-state index contributed by atoms with van der Waals surface area (Å²) in [5, 5.41) is 2.52. The van der Waals surface area contributed by atoms with Gasteiger partial charge >= 0.3 is 0 Å². The largest absolute Gasteiger partial charge is 0.328 e. The zero-order valence-corrected chi connectivity index (χ0v) is 13.3. The van der Waals surface area contributed by atoms with Crippen molar-refractivity contribution >= 4 is 21.6 Å². The van der Waals surface area contributed by atoms with E-state index in [0.29, 0.717) is 5.69 Å². The van der Waals surface area contributed by atoms with Crippen LogP contribution in [0.5, 0.6) is 0 Å². The van der Waals surface area contributed by atoms with Crippen LogP contribution in [0.4, 0.5) is 5.69 Å². The summed E-state index contributed by atoms with van der Waals surface area (Å²) in [7, 11) is -1.24. The Labute approximate surface area is 132 Å². The van der Waals surface area contributed by atoms with Gasteiger partial charge in [-0.05, 0) is 36.4 Å². The predicted molar refractivity (Wildman–Crippen MR) is 83.4 cm³/mol. The molecule has 8 nitrogen and oxygen atoms in total. The van der Waals surface area contributed by atoms with Crippen LogP contribution in [0, 0.1) is 0 Å². The Morgan fingerprint density at radius 2 is 1.87 bits per heavy atom. The van der Waals surface area contributed by atoms with Gasteiger partial charge in [0.2, 0.25) is 0 Å². The first-order valence-corrected chi connectivity index (χ1v) is 7.92. The number of aromatic nitrogens is 1. The number of sulfonamides is 1. The van der Waals surface area contributed by atoms with Crippen LogP contribution in [-0.2, 0) is 14.9 Å². The van der Waals surface area contributed by atoms with E-state index in [2.05, 4.69) is 15.1 Å². The topological polar surface area (TPSA) is 109 Å². The number of benzene rings is 1. The van der Waals surface area contributed by atoms with Gasteiger partial charge in [0.15, 0.2) is 0 Å². The number of amides is 1. The number of carbonyl (C=O) groups is 1. The molecule has 0 fully saturated rings. The summed E-state index contributed by atoms with van der Waals surface area (Å²) in [6, 6.07) is 8.43. The van der Waals surface area contributed by atoms with E-state index in [1.165, 1.54) is 56.8 Å². The predicted octanol–water partition coefficient (Wildman–Crippen LogP) is 0.809. The van der Waals surface area contributed by atoms with Crippen molar-refractivity contribution in [2.45, 2.75) is 4.90 Å². The van der Waals surface area contributed by atoms with Crippen LogP contribution in [0.3, 0.4) is 0 Å². The van der Waals surface area contributed by atoms with Gasteiger partial charge in [-0.3, -0.25) is 14.4 Å². The molecule has 2 rings (SSSR count). The van der Waals surface area contributed by atoms with Crippen LogP contribution in [0.2, 0.25) is 0 Å². The van der Waals surface area contributed by atoms with Crippen LogP contribution < -0.4 is 10.9 Å². The first-order chi connectivity index (χ1) is 10.9. The Kier molecular flexibility index (Phi) is 4.94. The maximum Gasteiger partial charge on any atom is 0.264 e. The molecule has 2 N–H and O–H groups in total. The zero-order valence-electron chi connectivity index (χ0n) is 12.4. The standard InChI is InChI=1S/C14H15N3O5S/c1-17(22-2)23(20,21)11-7-5-10(6-8-11)16-14(19)12-4-3-9-15-13(12)18/h3-9H,1-2H3,(H,15,18)(H,16,19). The minimum Gasteiger partial charge on any atom is -0.328 e. The van der Waals surface area contributed by atoms with Gasteiger partial charge in [-0.15, -0.1) is 0 Å². The molecule has 1 aromatic carbocycles. The van der Waals surface area contributed by atoms with Crippen LogP contribution >= 0.6 is 0 Å². The molecule has 2 aromatic rings. The molecule has 0 saturated carbocycles. The van der Waals surface area contributed by atoms with Crippen molar-refractivity contribution < 1.29 is 18.0 Å². The highest BCUT2D eigenvalue weighted by Crippen LogP contribution is 2.17. The number of nitrogens with zero attached hydrogens (tertiary/aromatic N) is 1. The Balaban J connectivity index is 2.20. The maximum atomic E-state index is 12.0. The molecule has 0 unspecified atom stereocenters. The van der Waals surface area contributed by atoms with Crippen molar-refractivity contribution in [3.05, 3.63) is 58.5 Å². The number of carbonyl (C=O) groups excluding carboxylic acids is 1. The van der Waals surface area contributed by atoms with Crippen molar-refractivity contribution in [3.63, 3.8) is 0 Å². The molecular formula is C14H15N3O5S. The highest BCUT2D eigenvalue weighted by atomic mass is 32.2. The second-order valence-corrected chi connectivity index (χ2v) is 6.42. The fourth-order valence-electron chi connectivity index (χ4n) is 1.76. The summed E-state index contributed by atoms with van der Waals surface area (Å²) >= 11 is 0. The van der Waals surface area contributed by atoms with Crippen molar-refractivity contribution in [2.24, 2.45) is 0 Å². The van der Waals surface area contributed by atoms with E-state index in [1.54, 1.807) is 0 Å². The number of hydroxylamine groups is 1. The number of H-pyrrole nitrogens is 1. The van der Waals surface area contributed by atoms with E-state index >= 15 is 0 Å². The second kappa shape index (κ2) is 6.73. The molecule has 0 saturated heterocycles. The third-order valence-corrected chi connectivity index (χ3v) is 4.76. The quantitative estimate of drug-likeness (QED) is 0.785. The van der Waals surface area contributed by atoms with E-state index < -0.39 is 21.5 Å². The smallest absolute Gasteiger partial charge is 0.264 e. The summed E-state index contributed by atoms with van der Waals surface area (Å²) in [6.07, 6.45) is 1.42. The molecule has 0 aliphatic heterocycles. The summed E-state index contributed by atoms with van der Waals surface area (Å²) in [4.78, 5) is 30.6. The van der Waals surface area contributed by atoms with Crippen LogP contribution in [0.1, 0.15) is 10.4 Å². The molecule has 122 valence electrons. The first-order valence-electron chi connectivity index (χ1n) is 6.48. The van der Waals surface area contributed by atoms with Gasteiger partial charge in [0.05, 0.1) is 12.0 Å². The molecule has 1 amide bonds. The van der Waals surface area contributed by atoms with Crippen molar-refractivity contribution in [1.29, 1.82) is 0 Å². The third-order valence-electron chi connectivity index (χ3n) is 3.07. The highest BCUT2D eigenvalue weighted by molar-refractivity contribution is 7.89. The summed E-state index contributed by atoms with van der Waals surface area (Å²) in [6.45, 7) is 0. The number of aromatic amines is 1. The lowest BCUT2D eigenvalue weighted by atomic mass is 10.2. The van der Waals surface area contributed by atoms with E-state index in [-0.39, 0.29) is 10.5 Å². The van der Waals surface area contributed by atoms with Crippen LogP contribution in [0.15, 0.2) is 52.3 Å². The Hall–Kier alpha value is -2.49. The molecule has 0 atom stereocenters. The summed E-state index contributed by atoms with van der Waals surface area (Å²) in [5.41, 5.74) is -0.188. The number of nitrogens with one attached hydrogen (secondary N) is 2. The Bertz CT molecular complexity index is 858. The monoisotopic (exact) mass is 337 g/mol. The molecule has 0 aliphatic rings. The number of anilines is 1. The lowest BCUT2D eigenvalue weighted by Gasteiger charge is -2.14. The molecule has 0 aliphatic carbocycles. The third kappa shape index (κ3) is 3.65. The highest BCUT2D eigenvalue weighted by Gasteiger charge is 2.20. The fourth-order valence-corrected chi connectivity index (χ4v) is 2.73. The summed E-state index contributed by atoms with van der Waals surface area (Å²) < 4.78 is 24.8. The molecular weight excluding hydrogens is 322 g/mol. The molecule has 0 bridgehead atoms. The van der Waals surface area contributed by atoms with Crippen molar-refractivity contribution in [1.82, 2.24) is 9.45 Å². The molecule has 0 spiro atoms. The van der Waals surface area contributed by atoms with Crippen molar-refractivity contribution in [2.75, 3.05) is 19.5 Å². The van der Waals surface area contributed by atoms with Gasteiger partial charge in [-0.25, -0.2) is 8.42 Å². The fraction of sp³-hybridized carbons (Fsp3) is 0.143. The average molecular weight is 337 g/mol. The van der Waals surface area contributed by atoms with Gasteiger partial charge in [0, 0.05) is 18.9 Å². The molecule has 1 aromatic heterocycles. The summed E-state index contributed by atoms with van der Waals surface area (Å²) in [5.74, 6) is -0.587. The van der Waals surface area contributed by atoms with Crippen molar-refractivity contribution in [3.8, 4) is 0 Å². The van der Waals surface area contributed by atoms with Gasteiger partial charge in [0.1, 0.15) is 5.56 Å². The molecule has 0 radical (unpaired) electrons. The molecule has 1 heterocycles. The van der Waals surface area contributed by atoms with Crippen LogP contribution in [0.25, 0.3) is 0 Å². The number of pyridine rings is 1. The van der Waals surface area contributed by atoms with E-state index in [9.17, 15) is 18.0 Å². The minimum absolute atomic E-state index is 0.0115. The van der Waals surface area contributed by atoms with Gasteiger partial charge in [-0.1, -0.05) is 4.47 Å². The average Bonchev–Trinajstić information content (AvgIpc) is 2.54. The SMILES string of the molecule is CON(C)S(=O)(=O)c1ccc(NC(=O)c2ccc[nH]c2=O)cc1. The second-order valence-electron chi connectivity index (χ2n) is 4.49. The lowest BCUT2D eigenvalue weighted by Crippen LogP contribution is -2.25. The molecule has 9 heteroatoms. The molecule has 23 heavy (non-hydrogen) atoms. The minimum atomic E-state index is -3.75. The normalized spacial score (nSPS) is 11.4. The maximum absolute atomic E-state index is 12.0. The Morgan fingerprint density at radius 3 is 2.43 bits per heavy atom. The van der Waals surface area contributed by atoms with E-state index in [1.807, 2.05) is 0 Å². The first kappa shape index (κ1) is 16.9. The number of rotatable bonds is 5.